The second-order valence-electron chi connectivity index (χ2n) is 7.18. The molecule has 0 aliphatic carbocycles. The summed E-state index contributed by atoms with van der Waals surface area (Å²) in [5.41, 5.74) is 2.23. The zero-order chi connectivity index (χ0) is 24.3. The van der Waals surface area contributed by atoms with E-state index in [1.54, 1.807) is 48.5 Å². The molecule has 0 atom stereocenters. The predicted octanol–water partition coefficient (Wildman–Crippen LogP) is 3.81. The van der Waals surface area contributed by atoms with E-state index < -0.39 is 11.9 Å². The van der Waals surface area contributed by atoms with Crippen molar-refractivity contribution in [3.8, 4) is 11.5 Å². The Morgan fingerprint density at radius 3 is 2.29 bits per heavy atom. The van der Waals surface area contributed by atoms with Crippen LogP contribution in [0, 0.1) is 0 Å². The summed E-state index contributed by atoms with van der Waals surface area (Å²) in [5, 5.41) is 2.48. The molecule has 0 fully saturated rings. The summed E-state index contributed by atoms with van der Waals surface area (Å²) in [6.45, 7) is -0.395. The number of carbonyl (C=O) groups is 3. The first-order valence-corrected chi connectivity index (χ1v) is 10.5. The van der Waals surface area contributed by atoms with Crippen molar-refractivity contribution in [2.75, 3.05) is 20.8 Å². The molecule has 3 rings (SSSR count). The van der Waals surface area contributed by atoms with Crippen molar-refractivity contribution in [3.05, 3.63) is 101 Å². The van der Waals surface area contributed by atoms with E-state index in [4.69, 9.17) is 14.2 Å². The third-order valence-electron chi connectivity index (χ3n) is 4.93. The van der Waals surface area contributed by atoms with Crippen molar-refractivity contribution in [3.63, 3.8) is 0 Å². The molecule has 7 nitrogen and oxygen atoms in total. The Kier molecular flexibility index (Phi) is 8.57. The van der Waals surface area contributed by atoms with Gasteiger partial charge in [0, 0.05) is 22.8 Å². The van der Waals surface area contributed by atoms with Crippen LogP contribution in [0.2, 0.25) is 0 Å². The Morgan fingerprint density at radius 2 is 1.56 bits per heavy atom. The van der Waals surface area contributed by atoms with E-state index in [1.807, 2.05) is 30.3 Å². The molecule has 0 bridgehead atoms. The monoisotopic (exact) mass is 459 g/mol. The van der Waals surface area contributed by atoms with Crippen LogP contribution < -0.4 is 14.8 Å². The number of ketones is 1. The van der Waals surface area contributed by atoms with E-state index in [9.17, 15) is 14.4 Å². The quantitative estimate of drug-likeness (QED) is 0.282. The van der Waals surface area contributed by atoms with Crippen LogP contribution in [-0.4, -0.2) is 38.4 Å². The summed E-state index contributed by atoms with van der Waals surface area (Å²) in [6, 6.07) is 21.1. The first-order chi connectivity index (χ1) is 16.5. The summed E-state index contributed by atoms with van der Waals surface area (Å²) < 4.78 is 15.8. The van der Waals surface area contributed by atoms with Crippen LogP contribution in [-0.2, 0) is 20.9 Å². The lowest BCUT2D eigenvalue weighted by atomic mass is 9.98. The van der Waals surface area contributed by atoms with Crippen molar-refractivity contribution in [1.82, 2.24) is 5.32 Å². The van der Waals surface area contributed by atoms with Gasteiger partial charge in [-0.1, -0.05) is 54.6 Å². The summed E-state index contributed by atoms with van der Waals surface area (Å²) in [5.74, 6) is -0.317. The fourth-order valence-corrected chi connectivity index (χ4v) is 3.16. The highest BCUT2D eigenvalue weighted by Gasteiger charge is 2.17. The number of amides is 1. The van der Waals surface area contributed by atoms with Gasteiger partial charge in [0.25, 0.3) is 0 Å². The van der Waals surface area contributed by atoms with Gasteiger partial charge in [-0.15, -0.1) is 0 Å². The van der Waals surface area contributed by atoms with Gasteiger partial charge in [0.2, 0.25) is 5.91 Å². The second-order valence-corrected chi connectivity index (χ2v) is 7.18. The minimum Gasteiger partial charge on any atom is -0.493 e. The maximum Gasteiger partial charge on any atom is 0.325 e. The average Bonchev–Trinajstić information content (AvgIpc) is 2.89. The van der Waals surface area contributed by atoms with E-state index >= 15 is 0 Å². The van der Waals surface area contributed by atoms with Crippen molar-refractivity contribution in [2.24, 2.45) is 0 Å². The minimum atomic E-state index is -0.616. The molecule has 34 heavy (non-hydrogen) atoms. The number of ether oxygens (including phenoxy) is 3. The first kappa shape index (κ1) is 24.3. The number of hydrogen-bond acceptors (Lipinski definition) is 6. The molecule has 7 heteroatoms. The standard InChI is InChI=1S/C27H25NO6/c1-32-23-14-13-20(16-24(23)33-2)27(31)22-11-7-6-10-21(22)18-34-26(30)17-28-25(29)15-12-19-8-4-3-5-9-19/h3-16H,17-18H2,1-2H3,(H,28,29)/b15-12+. The number of esters is 1. The fourth-order valence-electron chi connectivity index (χ4n) is 3.16. The molecule has 1 amide bonds. The average molecular weight is 459 g/mol. The van der Waals surface area contributed by atoms with E-state index in [1.165, 1.54) is 20.3 Å². The predicted molar refractivity (Wildman–Crippen MR) is 128 cm³/mol. The third kappa shape index (κ3) is 6.56. The molecule has 0 aromatic heterocycles. The van der Waals surface area contributed by atoms with Gasteiger partial charge < -0.3 is 19.5 Å². The zero-order valence-electron chi connectivity index (χ0n) is 18.9. The molecule has 3 aromatic rings. The summed E-state index contributed by atoms with van der Waals surface area (Å²) in [6.07, 6.45) is 3.00. The normalized spacial score (nSPS) is 10.5. The van der Waals surface area contributed by atoms with Crippen molar-refractivity contribution < 1.29 is 28.6 Å². The largest absolute Gasteiger partial charge is 0.493 e. The number of methoxy groups -OCH3 is 2. The molecule has 0 saturated carbocycles. The Hall–Kier alpha value is -4.39. The van der Waals surface area contributed by atoms with Crippen LogP contribution in [0.5, 0.6) is 11.5 Å². The van der Waals surface area contributed by atoms with Crippen LogP contribution in [0.1, 0.15) is 27.0 Å². The van der Waals surface area contributed by atoms with Crippen LogP contribution in [0.4, 0.5) is 0 Å². The Balaban J connectivity index is 1.58. The topological polar surface area (TPSA) is 90.9 Å². The summed E-state index contributed by atoms with van der Waals surface area (Å²) in [7, 11) is 3.01. The fraction of sp³-hybridized carbons (Fsp3) is 0.148. The van der Waals surface area contributed by atoms with E-state index in [0.717, 1.165) is 5.56 Å². The van der Waals surface area contributed by atoms with Gasteiger partial charge in [0.15, 0.2) is 17.3 Å². The maximum absolute atomic E-state index is 13.1. The number of rotatable bonds is 10. The lowest BCUT2D eigenvalue weighted by Crippen LogP contribution is -2.29. The van der Waals surface area contributed by atoms with Gasteiger partial charge in [-0.25, -0.2) is 0 Å². The van der Waals surface area contributed by atoms with Crippen LogP contribution >= 0.6 is 0 Å². The summed E-state index contributed by atoms with van der Waals surface area (Å²) in [4.78, 5) is 37.1. The van der Waals surface area contributed by atoms with Crippen molar-refractivity contribution >= 4 is 23.7 Å². The summed E-state index contributed by atoms with van der Waals surface area (Å²) >= 11 is 0. The van der Waals surface area contributed by atoms with E-state index in [2.05, 4.69) is 5.32 Å². The van der Waals surface area contributed by atoms with Crippen LogP contribution in [0.3, 0.4) is 0 Å². The number of nitrogens with one attached hydrogen (secondary N) is 1. The van der Waals surface area contributed by atoms with E-state index in [-0.39, 0.29) is 18.9 Å². The van der Waals surface area contributed by atoms with Crippen molar-refractivity contribution in [1.29, 1.82) is 0 Å². The van der Waals surface area contributed by atoms with Gasteiger partial charge in [0.1, 0.15) is 13.2 Å². The van der Waals surface area contributed by atoms with Crippen LogP contribution in [0.15, 0.2) is 78.9 Å². The Labute approximate surface area is 198 Å². The molecule has 0 aliphatic rings. The molecule has 0 unspecified atom stereocenters. The lowest BCUT2D eigenvalue weighted by molar-refractivity contribution is -0.144. The first-order valence-electron chi connectivity index (χ1n) is 10.5. The van der Waals surface area contributed by atoms with Gasteiger partial charge in [0.05, 0.1) is 14.2 Å². The Bertz CT molecular complexity index is 1190. The molecule has 0 aliphatic heterocycles. The highest BCUT2D eigenvalue weighted by atomic mass is 16.5. The molecule has 1 N–H and O–H groups in total. The van der Waals surface area contributed by atoms with Crippen molar-refractivity contribution in [2.45, 2.75) is 6.61 Å². The molecular weight excluding hydrogens is 434 g/mol. The molecule has 0 spiro atoms. The number of benzene rings is 3. The molecule has 0 radical (unpaired) electrons. The lowest BCUT2D eigenvalue weighted by Gasteiger charge is -2.12. The number of hydrogen-bond donors (Lipinski definition) is 1. The smallest absolute Gasteiger partial charge is 0.325 e. The highest BCUT2D eigenvalue weighted by molar-refractivity contribution is 6.10. The molecular formula is C27H25NO6. The minimum absolute atomic E-state index is 0.107. The van der Waals surface area contributed by atoms with E-state index in [0.29, 0.717) is 28.2 Å². The zero-order valence-corrected chi connectivity index (χ0v) is 18.9. The molecule has 3 aromatic carbocycles. The van der Waals surface area contributed by atoms with Gasteiger partial charge >= 0.3 is 5.97 Å². The SMILES string of the molecule is COc1ccc(C(=O)c2ccccc2COC(=O)CNC(=O)/C=C/c2ccccc2)cc1OC. The third-order valence-corrected chi connectivity index (χ3v) is 4.93. The van der Waals surface area contributed by atoms with Crippen LogP contribution in [0.25, 0.3) is 6.08 Å². The van der Waals surface area contributed by atoms with Gasteiger partial charge in [-0.2, -0.15) is 0 Å². The van der Waals surface area contributed by atoms with Gasteiger partial charge in [-0.3, -0.25) is 14.4 Å². The Morgan fingerprint density at radius 1 is 0.853 bits per heavy atom. The van der Waals surface area contributed by atoms with Gasteiger partial charge in [-0.05, 0) is 29.8 Å². The molecule has 0 heterocycles. The maximum atomic E-state index is 13.1. The second kappa shape index (κ2) is 12.0. The highest BCUT2D eigenvalue weighted by Crippen LogP contribution is 2.29. The number of carbonyl (C=O) groups excluding carboxylic acids is 3. The molecule has 0 saturated heterocycles. The molecule has 174 valence electrons.